The summed E-state index contributed by atoms with van der Waals surface area (Å²) < 4.78 is 38.8. The van der Waals surface area contributed by atoms with Gasteiger partial charge in [0.2, 0.25) is 10.0 Å². The summed E-state index contributed by atoms with van der Waals surface area (Å²) in [7, 11) is -3.43. The van der Waals surface area contributed by atoms with Crippen molar-refractivity contribution < 1.29 is 17.6 Å². The van der Waals surface area contributed by atoms with Crippen LogP contribution in [0.25, 0.3) is 0 Å². The highest BCUT2D eigenvalue weighted by Gasteiger charge is 2.18. The van der Waals surface area contributed by atoms with Gasteiger partial charge in [-0.2, -0.15) is 0 Å². The second-order valence-corrected chi connectivity index (χ2v) is 8.72. The van der Waals surface area contributed by atoms with E-state index < -0.39 is 10.0 Å². The number of nitrogens with zero attached hydrogens (tertiary/aromatic N) is 1. The van der Waals surface area contributed by atoms with E-state index in [4.69, 9.17) is 0 Å². The molecule has 1 aliphatic carbocycles. The second kappa shape index (κ2) is 9.87. The lowest BCUT2D eigenvalue weighted by Crippen LogP contribution is -2.46. The molecule has 0 saturated heterocycles. The minimum absolute atomic E-state index is 0.158. The maximum Gasteiger partial charge on any atom is 0.315 e. The molecule has 1 aromatic carbocycles. The molecule has 26 heavy (non-hydrogen) atoms. The van der Waals surface area contributed by atoms with E-state index in [0.29, 0.717) is 5.56 Å². The monoisotopic (exact) mass is 385 g/mol. The standard InChI is InChI=1S/C18H28FN3O3S/c1-26(24,25)22(13-11-15-7-5-6-10-17(15)19)14-12-20-18(23)21-16-8-3-2-4-9-16/h5-7,10,16H,2-4,8-9,11-14H2,1H3,(H2,20,21,23). The van der Waals surface area contributed by atoms with Gasteiger partial charge in [-0.05, 0) is 30.9 Å². The van der Waals surface area contributed by atoms with Crippen molar-refractivity contribution in [3.05, 3.63) is 35.6 Å². The summed E-state index contributed by atoms with van der Waals surface area (Å²) in [6.45, 7) is 0.542. The molecule has 0 spiro atoms. The van der Waals surface area contributed by atoms with Gasteiger partial charge in [0.1, 0.15) is 5.82 Å². The number of halogens is 1. The molecule has 0 aromatic heterocycles. The maximum atomic E-state index is 13.7. The molecule has 0 bridgehead atoms. The predicted octanol–water partition coefficient (Wildman–Crippen LogP) is 2.26. The van der Waals surface area contributed by atoms with Crippen LogP contribution in [0.15, 0.2) is 24.3 Å². The molecule has 1 saturated carbocycles. The first-order valence-corrected chi connectivity index (χ1v) is 10.9. The minimum atomic E-state index is -3.43. The van der Waals surface area contributed by atoms with Gasteiger partial charge < -0.3 is 10.6 Å². The van der Waals surface area contributed by atoms with Crippen molar-refractivity contribution in [2.24, 2.45) is 0 Å². The fourth-order valence-corrected chi connectivity index (χ4v) is 4.01. The van der Waals surface area contributed by atoms with E-state index in [2.05, 4.69) is 10.6 Å². The first-order valence-electron chi connectivity index (χ1n) is 9.09. The number of carbonyl (C=O) groups excluding carboxylic acids is 1. The number of amides is 2. The van der Waals surface area contributed by atoms with E-state index in [0.717, 1.165) is 31.9 Å². The molecule has 0 atom stereocenters. The first-order chi connectivity index (χ1) is 12.4. The van der Waals surface area contributed by atoms with Gasteiger partial charge in [0.05, 0.1) is 6.26 Å². The fraction of sp³-hybridized carbons (Fsp3) is 0.611. The molecule has 0 unspecified atom stereocenters. The van der Waals surface area contributed by atoms with Crippen molar-refractivity contribution in [2.75, 3.05) is 25.9 Å². The molecule has 2 amide bonds. The molecule has 2 N–H and O–H groups in total. The third kappa shape index (κ3) is 6.92. The van der Waals surface area contributed by atoms with E-state index in [9.17, 15) is 17.6 Å². The Labute approximate surface area is 155 Å². The molecule has 1 fully saturated rings. The Morgan fingerprint density at radius 2 is 1.88 bits per heavy atom. The number of sulfonamides is 1. The summed E-state index contributed by atoms with van der Waals surface area (Å²) in [6.07, 6.45) is 6.86. The van der Waals surface area contributed by atoms with Crippen molar-refractivity contribution in [3.8, 4) is 0 Å². The average Bonchev–Trinajstić information content (AvgIpc) is 2.59. The summed E-state index contributed by atoms with van der Waals surface area (Å²) in [5, 5.41) is 5.64. The number of rotatable bonds is 8. The summed E-state index contributed by atoms with van der Waals surface area (Å²) in [6, 6.07) is 6.26. The van der Waals surface area contributed by atoms with Crippen molar-refractivity contribution in [1.29, 1.82) is 0 Å². The topological polar surface area (TPSA) is 78.5 Å². The molecule has 0 aliphatic heterocycles. The highest BCUT2D eigenvalue weighted by molar-refractivity contribution is 7.88. The van der Waals surface area contributed by atoms with Crippen molar-refractivity contribution in [3.63, 3.8) is 0 Å². The Hall–Kier alpha value is -1.67. The number of hydrogen-bond donors (Lipinski definition) is 2. The zero-order valence-electron chi connectivity index (χ0n) is 15.2. The molecular formula is C18H28FN3O3S. The number of carbonyl (C=O) groups is 1. The normalized spacial score (nSPS) is 15.8. The third-order valence-electron chi connectivity index (χ3n) is 4.64. The SMILES string of the molecule is CS(=O)(=O)N(CCNC(=O)NC1CCCCC1)CCc1ccccc1F. The number of hydrogen-bond acceptors (Lipinski definition) is 3. The van der Waals surface area contributed by atoms with Crippen LogP contribution < -0.4 is 10.6 Å². The van der Waals surface area contributed by atoms with E-state index in [1.807, 2.05) is 0 Å². The smallest absolute Gasteiger partial charge is 0.315 e. The summed E-state index contributed by atoms with van der Waals surface area (Å²) in [4.78, 5) is 11.9. The molecule has 2 rings (SSSR count). The van der Waals surface area contributed by atoms with Crippen LogP contribution >= 0.6 is 0 Å². The zero-order valence-corrected chi connectivity index (χ0v) is 16.0. The minimum Gasteiger partial charge on any atom is -0.337 e. The Kier molecular flexibility index (Phi) is 7.84. The number of nitrogens with one attached hydrogen (secondary N) is 2. The van der Waals surface area contributed by atoms with Crippen LogP contribution in [0.5, 0.6) is 0 Å². The van der Waals surface area contributed by atoms with Crippen LogP contribution in [0.3, 0.4) is 0 Å². The lowest BCUT2D eigenvalue weighted by Gasteiger charge is -2.24. The van der Waals surface area contributed by atoms with Crippen LogP contribution in [-0.4, -0.2) is 50.7 Å². The van der Waals surface area contributed by atoms with Gasteiger partial charge in [0.25, 0.3) is 0 Å². The van der Waals surface area contributed by atoms with E-state index >= 15 is 0 Å². The maximum absolute atomic E-state index is 13.7. The largest absolute Gasteiger partial charge is 0.337 e. The van der Waals surface area contributed by atoms with Crippen LogP contribution in [0.1, 0.15) is 37.7 Å². The summed E-state index contributed by atoms with van der Waals surface area (Å²) in [5.41, 5.74) is 0.476. The van der Waals surface area contributed by atoms with Gasteiger partial charge in [-0.1, -0.05) is 37.5 Å². The van der Waals surface area contributed by atoms with Gasteiger partial charge in [0.15, 0.2) is 0 Å². The summed E-state index contributed by atoms with van der Waals surface area (Å²) >= 11 is 0. The number of urea groups is 1. The molecule has 146 valence electrons. The van der Waals surface area contributed by atoms with Gasteiger partial charge >= 0.3 is 6.03 Å². The predicted molar refractivity (Wildman–Crippen MR) is 99.9 cm³/mol. The Morgan fingerprint density at radius 3 is 2.54 bits per heavy atom. The van der Waals surface area contributed by atoms with Crippen LogP contribution in [0, 0.1) is 5.82 Å². The van der Waals surface area contributed by atoms with Crippen molar-refractivity contribution in [1.82, 2.24) is 14.9 Å². The fourth-order valence-electron chi connectivity index (χ4n) is 3.17. The first kappa shape index (κ1) is 20.6. The van der Waals surface area contributed by atoms with Gasteiger partial charge in [0, 0.05) is 25.7 Å². The summed E-state index contributed by atoms with van der Waals surface area (Å²) in [5.74, 6) is -0.342. The lowest BCUT2D eigenvalue weighted by molar-refractivity contribution is 0.231. The second-order valence-electron chi connectivity index (χ2n) is 6.74. The van der Waals surface area contributed by atoms with Crippen molar-refractivity contribution >= 4 is 16.1 Å². The average molecular weight is 386 g/mol. The Balaban J connectivity index is 1.78. The molecule has 1 aromatic rings. The van der Waals surface area contributed by atoms with Crippen molar-refractivity contribution in [2.45, 2.75) is 44.6 Å². The van der Waals surface area contributed by atoms with E-state index in [1.54, 1.807) is 18.2 Å². The quantitative estimate of drug-likeness (QED) is 0.720. The van der Waals surface area contributed by atoms with Crippen LogP contribution in [0.2, 0.25) is 0 Å². The van der Waals surface area contributed by atoms with Gasteiger partial charge in [-0.3, -0.25) is 0 Å². The Bertz CT molecular complexity index is 691. The molecule has 0 radical (unpaired) electrons. The Morgan fingerprint density at radius 1 is 1.19 bits per heavy atom. The third-order valence-corrected chi connectivity index (χ3v) is 5.95. The molecule has 6 nitrogen and oxygen atoms in total. The number of benzene rings is 1. The molecule has 8 heteroatoms. The highest BCUT2D eigenvalue weighted by Crippen LogP contribution is 2.17. The highest BCUT2D eigenvalue weighted by atomic mass is 32.2. The van der Waals surface area contributed by atoms with Gasteiger partial charge in [-0.25, -0.2) is 21.9 Å². The van der Waals surface area contributed by atoms with E-state index in [1.165, 1.54) is 16.8 Å². The van der Waals surface area contributed by atoms with Crippen LogP contribution in [-0.2, 0) is 16.4 Å². The zero-order chi connectivity index (χ0) is 19.0. The van der Waals surface area contributed by atoms with Crippen LogP contribution in [0.4, 0.5) is 9.18 Å². The molecule has 1 aliphatic rings. The molecule has 0 heterocycles. The molecular weight excluding hydrogens is 357 g/mol. The van der Waals surface area contributed by atoms with E-state index in [-0.39, 0.29) is 43.9 Å². The lowest BCUT2D eigenvalue weighted by atomic mass is 9.96. The van der Waals surface area contributed by atoms with Gasteiger partial charge in [-0.15, -0.1) is 0 Å².